The monoisotopic (exact) mass is 234 g/mol. The summed E-state index contributed by atoms with van der Waals surface area (Å²) >= 11 is 0. The van der Waals surface area contributed by atoms with Gasteiger partial charge < -0.3 is 9.47 Å². The Hall–Kier alpha value is -1.68. The predicted molar refractivity (Wildman–Crippen MR) is 60.8 cm³/mol. The first kappa shape index (κ1) is 11.8. The maximum atomic E-state index is 11.8. The Labute approximate surface area is 99.5 Å². The summed E-state index contributed by atoms with van der Waals surface area (Å²) in [4.78, 5) is 22.8. The van der Waals surface area contributed by atoms with Crippen molar-refractivity contribution in [3.8, 4) is 0 Å². The normalized spacial score (nSPS) is 13.9. The van der Waals surface area contributed by atoms with E-state index in [9.17, 15) is 9.59 Å². The minimum Gasteiger partial charge on any atom is -0.469 e. The molecule has 0 bridgehead atoms. The maximum absolute atomic E-state index is 11.8. The smallest absolute Gasteiger partial charge is 0.313 e. The first-order valence-electron chi connectivity index (χ1n) is 5.50. The summed E-state index contributed by atoms with van der Waals surface area (Å²) in [5.74, 6) is -0.706. The fourth-order valence-corrected chi connectivity index (χ4v) is 1.84. The fourth-order valence-electron chi connectivity index (χ4n) is 1.84. The molecule has 0 fully saturated rings. The van der Waals surface area contributed by atoms with Gasteiger partial charge in [-0.25, -0.2) is 0 Å². The van der Waals surface area contributed by atoms with E-state index in [-0.39, 0.29) is 12.2 Å². The average Bonchev–Trinajstić information content (AvgIpc) is 2.38. The van der Waals surface area contributed by atoms with E-state index in [1.54, 1.807) is 6.07 Å². The third-order valence-electron chi connectivity index (χ3n) is 2.83. The fraction of sp³-hybridized carbons (Fsp3) is 0.385. The molecule has 0 unspecified atom stereocenters. The van der Waals surface area contributed by atoms with Crippen LogP contribution in [0.3, 0.4) is 0 Å². The number of carbonyl (C=O) groups is 2. The molecule has 1 heterocycles. The number of methoxy groups -OCH3 is 1. The van der Waals surface area contributed by atoms with Crippen molar-refractivity contribution in [2.45, 2.75) is 19.4 Å². The van der Waals surface area contributed by atoms with Crippen molar-refractivity contribution in [1.82, 2.24) is 0 Å². The summed E-state index contributed by atoms with van der Waals surface area (Å²) in [6.07, 6.45) is 0.612. The van der Waals surface area contributed by atoms with E-state index in [2.05, 4.69) is 4.74 Å². The molecule has 4 nitrogen and oxygen atoms in total. The summed E-state index contributed by atoms with van der Waals surface area (Å²) in [6, 6.07) is 5.47. The summed E-state index contributed by atoms with van der Waals surface area (Å²) in [5, 5.41) is 0. The zero-order valence-electron chi connectivity index (χ0n) is 9.69. The van der Waals surface area contributed by atoms with Crippen molar-refractivity contribution in [3.63, 3.8) is 0 Å². The van der Waals surface area contributed by atoms with Crippen molar-refractivity contribution in [1.29, 1.82) is 0 Å². The van der Waals surface area contributed by atoms with Crippen LogP contribution in [0.25, 0.3) is 0 Å². The van der Waals surface area contributed by atoms with E-state index in [0.29, 0.717) is 18.8 Å². The van der Waals surface area contributed by atoms with Gasteiger partial charge in [-0.3, -0.25) is 9.59 Å². The van der Waals surface area contributed by atoms with Crippen molar-refractivity contribution in [3.05, 3.63) is 34.9 Å². The summed E-state index contributed by atoms with van der Waals surface area (Å²) in [7, 11) is 1.28. The Morgan fingerprint density at radius 2 is 2.18 bits per heavy atom. The lowest BCUT2D eigenvalue weighted by Crippen LogP contribution is -2.13. The average molecular weight is 234 g/mol. The van der Waals surface area contributed by atoms with Crippen molar-refractivity contribution >= 4 is 11.8 Å². The second-order valence-electron chi connectivity index (χ2n) is 3.96. The molecule has 1 aromatic carbocycles. The van der Waals surface area contributed by atoms with Crippen LogP contribution in [0.2, 0.25) is 0 Å². The number of carbonyl (C=O) groups excluding carboxylic acids is 2. The van der Waals surface area contributed by atoms with Gasteiger partial charge in [-0.2, -0.15) is 0 Å². The Morgan fingerprint density at radius 3 is 2.94 bits per heavy atom. The van der Waals surface area contributed by atoms with E-state index in [0.717, 1.165) is 17.5 Å². The topological polar surface area (TPSA) is 52.6 Å². The number of hydrogen-bond donors (Lipinski definition) is 0. The molecule has 0 radical (unpaired) electrons. The minimum atomic E-state index is -0.504. The van der Waals surface area contributed by atoms with E-state index >= 15 is 0 Å². The van der Waals surface area contributed by atoms with Gasteiger partial charge in [-0.05, 0) is 23.6 Å². The molecule has 0 saturated heterocycles. The Morgan fingerprint density at radius 1 is 1.35 bits per heavy atom. The van der Waals surface area contributed by atoms with Gasteiger partial charge in [0.05, 0.1) is 20.3 Å². The molecule has 0 N–H and O–H groups in total. The Kier molecular flexibility index (Phi) is 3.54. The number of ether oxygens (including phenoxy) is 2. The summed E-state index contributed by atoms with van der Waals surface area (Å²) in [5.41, 5.74) is 2.81. The molecular formula is C13H14O4. The lowest BCUT2D eigenvalue weighted by Gasteiger charge is -2.16. The van der Waals surface area contributed by atoms with Crippen molar-refractivity contribution < 1.29 is 19.1 Å². The number of benzene rings is 1. The van der Waals surface area contributed by atoms with E-state index in [1.165, 1.54) is 7.11 Å². The molecule has 2 rings (SSSR count). The van der Waals surface area contributed by atoms with Crippen LogP contribution in [0, 0.1) is 0 Å². The molecule has 0 aliphatic carbocycles. The van der Waals surface area contributed by atoms with Crippen LogP contribution in [0.1, 0.15) is 27.9 Å². The Balaban J connectivity index is 2.16. The first-order chi connectivity index (χ1) is 8.20. The van der Waals surface area contributed by atoms with Gasteiger partial charge in [0.1, 0.15) is 6.42 Å². The highest BCUT2D eigenvalue weighted by Crippen LogP contribution is 2.19. The number of ketones is 1. The number of fused-ring (bicyclic) bond motifs is 1. The molecule has 0 aromatic heterocycles. The molecule has 1 aliphatic heterocycles. The number of rotatable bonds is 3. The van der Waals surface area contributed by atoms with Gasteiger partial charge in [0, 0.05) is 5.56 Å². The Bertz CT molecular complexity index is 451. The zero-order valence-corrected chi connectivity index (χ0v) is 9.69. The minimum absolute atomic E-state index is 0.203. The van der Waals surface area contributed by atoms with Gasteiger partial charge >= 0.3 is 5.97 Å². The quantitative estimate of drug-likeness (QED) is 0.452. The summed E-state index contributed by atoms with van der Waals surface area (Å²) in [6.45, 7) is 1.28. The van der Waals surface area contributed by atoms with Gasteiger partial charge in [0.15, 0.2) is 5.78 Å². The maximum Gasteiger partial charge on any atom is 0.313 e. The van der Waals surface area contributed by atoms with Crippen LogP contribution in [-0.4, -0.2) is 25.5 Å². The van der Waals surface area contributed by atoms with Crippen LogP contribution in [-0.2, 0) is 27.3 Å². The van der Waals surface area contributed by atoms with Crippen LogP contribution in [0.5, 0.6) is 0 Å². The van der Waals surface area contributed by atoms with E-state index in [4.69, 9.17) is 4.74 Å². The molecule has 0 saturated carbocycles. The van der Waals surface area contributed by atoms with Crippen LogP contribution >= 0.6 is 0 Å². The summed E-state index contributed by atoms with van der Waals surface area (Å²) < 4.78 is 9.79. The van der Waals surface area contributed by atoms with Crippen molar-refractivity contribution in [2.24, 2.45) is 0 Å². The molecule has 1 aromatic rings. The molecule has 0 atom stereocenters. The molecule has 0 spiro atoms. The second-order valence-corrected chi connectivity index (χ2v) is 3.96. The number of Topliss-reactive ketones (excluding diaryl/α,β-unsaturated/α-hetero) is 1. The second kappa shape index (κ2) is 5.10. The lowest BCUT2D eigenvalue weighted by molar-refractivity contribution is -0.139. The first-order valence-corrected chi connectivity index (χ1v) is 5.50. The third-order valence-corrected chi connectivity index (χ3v) is 2.83. The highest BCUT2D eigenvalue weighted by atomic mass is 16.5. The lowest BCUT2D eigenvalue weighted by atomic mass is 9.98. The van der Waals surface area contributed by atoms with Gasteiger partial charge in [-0.1, -0.05) is 12.1 Å². The highest BCUT2D eigenvalue weighted by molar-refractivity contribution is 6.06. The van der Waals surface area contributed by atoms with Crippen LogP contribution in [0.15, 0.2) is 18.2 Å². The van der Waals surface area contributed by atoms with Gasteiger partial charge in [0.2, 0.25) is 0 Å². The van der Waals surface area contributed by atoms with E-state index < -0.39 is 5.97 Å². The molecule has 0 amide bonds. The molecule has 1 aliphatic rings. The van der Waals surface area contributed by atoms with Gasteiger partial charge in [0.25, 0.3) is 0 Å². The SMILES string of the molecule is COC(=O)CC(=O)c1ccc2c(c1)CCOC2. The zero-order chi connectivity index (χ0) is 12.3. The largest absolute Gasteiger partial charge is 0.469 e. The number of esters is 1. The molecule has 90 valence electrons. The van der Waals surface area contributed by atoms with E-state index in [1.807, 2.05) is 12.1 Å². The van der Waals surface area contributed by atoms with Gasteiger partial charge in [-0.15, -0.1) is 0 Å². The molecule has 17 heavy (non-hydrogen) atoms. The number of hydrogen-bond acceptors (Lipinski definition) is 4. The molecule has 4 heteroatoms. The van der Waals surface area contributed by atoms with Crippen molar-refractivity contribution in [2.75, 3.05) is 13.7 Å². The predicted octanol–water partition coefficient (Wildman–Crippen LogP) is 1.51. The molecular weight excluding hydrogens is 220 g/mol. The highest BCUT2D eigenvalue weighted by Gasteiger charge is 2.15. The van der Waals surface area contributed by atoms with Crippen LogP contribution in [0.4, 0.5) is 0 Å². The standard InChI is InChI=1S/C13H14O4/c1-16-13(15)7-12(14)10-2-3-11-8-17-5-4-9(11)6-10/h2-3,6H,4-5,7-8H2,1H3. The third kappa shape index (κ3) is 2.71. The van der Waals surface area contributed by atoms with Crippen LogP contribution < -0.4 is 0 Å².